The van der Waals surface area contributed by atoms with Crippen molar-refractivity contribution in [1.29, 1.82) is 0 Å². The van der Waals surface area contributed by atoms with Crippen LogP contribution in [0.3, 0.4) is 0 Å². The third-order valence-corrected chi connectivity index (χ3v) is 4.38. The third kappa shape index (κ3) is 5.49. The summed E-state index contributed by atoms with van der Waals surface area (Å²) in [6.07, 6.45) is 7.83. The van der Waals surface area contributed by atoms with Crippen LogP contribution in [0.4, 0.5) is 0 Å². The second-order valence-electron chi connectivity index (χ2n) is 6.50. The maximum absolute atomic E-state index is 12.1. The molecule has 1 fully saturated rings. The van der Waals surface area contributed by atoms with Crippen LogP contribution in [0.5, 0.6) is 0 Å². The van der Waals surface area contributed by atoms with Gasteiger partial charge in [0.15, 0.2) is 0 Å². The molecular formula is C16H28ClN5O2. The van der Waals surface area contributed by atoms with Gasteiger partial charge in [-0.2, -0.15) is 5.10 Å². The van der Waals surface area contributed by atoms with Gasteiger partial charge in [-0.15, -0.1) is 12.4 Å². The number of halogens is 1. The maximum atomic E-state index is 12.1. The SMILES string of the molecule is CC(C)[C@H](N)C(=O)NCC(=O)NC1CCCCC1n1cccn1.Cl. The molecule has 1 aromatic heterocycles. The average molecular weight is 358 g/mol. The third-order valence-electron chi connectivity index (χ3n) is 4.38. The normalized spacial score (nSPS) is 21.7. The summed E-state index contributed by atoms with van der Waals surface area (Å²) in [6, 6.07) is 1.53. The fourth-order valence-electron chi connectivity index (χ4n) is 2.92. The highest BCUT2D eigenvalue weighted by molar-refractivity contribution is 5.87. The second-order valence-corrected chi connectivity index (χ2v) is 6.50. The minimum atomic E-state index is -0.589. The molecule has 1 aliphatic carbocycles. The molecule has 3 atom stereocenters. The van der Waals surface area contributed by atoms with Gasteiger partial charge in [-0.3, -0.25) is 14.3 Å². The van der Waals surface area contributed by atoms with Crippen LogP contribution in [0.15, 0.2) is 18.5 Å². The summed E-state index contributed by atoms with van der Waals surface area (Å²) in [5, 5.41) is 9.92. The molecule has 0 aromatic carbocycles. The number of hydrogen-bond acceptors (Lipinski definition) is 4. The summed E-state index contributed by atoms with van der Waals surface area (Å²) in [4.78, 5) is 23.9. The maximum Gasteiger partial charge on any atom is 0.239 e. The largest absolute Gasteiger partial charge is 0.350 e. The van der Waals surface area contributed by atoms with Crippen molar-refractivity contribution in [1.82, 2.24) is 20.4 Å². The number of nitrogens with one attached hydrogen (secondary N) is 2. The highest BCUT2D eigenvalue weighted by Gasteiger charge is 2.28. The Morgan fingerprint density at radius 3 is 2.67 bits per heavy atom. The van der Waals surface area contributed by atoms with Crippen molar-refractivity contribution in [3.63, 3.8) is 0 Å². The van der Waals surface area contributed by atoms with Crippen molar-refractivity contribution in [2.75, 3.05) is 6.54 Å². The highest BCUT2D eigenvalue weighted by Crippen LogP contribution is 2.27. The summed E-state index contributed by atoms with van der Waals surface area (Å²) in [5.41, 5.74) is 5.76. The van der Waals surface area contributed by atoms with E-state index in [1.54, 1.807) is 6.20 Å². The van der Waals surface area contributed by atoms with Crippen LogP contribution in [-0.4, -0.2) is 40.2 Å². The van der Waals surface area contributed by atoms with E-state index < -0.39 is 6.04 Å². The summed E-state index contributed by atoms with van der Waals surface area (Å²) in [5.74, 6) is -0.429. The van der Waals surface area contributed by atoms with E-state index in [1.807, 2.05) is 30.8 Å². The first kappa shape index (κ1) is 20.4. The van der Waals surface area contributed by atoms with Gasteiger partial charge in [-0.1, -0.05) is 26.7 Å². The van der Waals surface area contributed by atoms with Gasteiger partial charge in [0.05, 0.1) is 24.7 Å². The van der Waals surface area contributed by atoms with Crippen LogP contribution >= 0.6 is 12.4 Å². The molecule has 2 amide bonds. The smallest absolute Gasteiger partial charge is 0.239 e. The number of aromatic nitrogens is 2. The quantitative estimate of drug-likeness (QED) is 0.706. The molecule has 0 aliphatic heterocycles. The molecule has 0 bridgehead atoms. The summed E-state index contributed by atoms with van der Waals surface area (Å²) < 4.78 is 1.91. The number of nitrogens with two attached hydrogens (primary N) is 1. The first-order valence-corrected chi connectivity index (χ1v) is 8.31. The van der Waals surface area contributed by atoms with Gasteiger partial charge in [-0.05, 0) is 24.8 Å². The zero-order chi connectivity index (χ0) is 16.8. The molecule has 24 heavy (non-hydrogen) atoms. The van der Waals surface area contributed by atoms with Crippen LogP contribution in [-0.2, 0) is 9.59 Å². The molecule has 2 unspecified atom stereocenters. The lowest BCUT2D eigenvalue weighted by molar-refractivity contribution is -0.127. The molecule has 0 radical (unpaired) electrons. The van der Waals surface area contributed by atoms with E-state index >= 15 is 0 Å². The molecule has 1 aromatic rings. The standard InChI is InChI=1S/C16H27N5O2.ClH/c1-11(2)15(17)16(23)18-10-14(22)20-12-6-3-4-7-13(12)21-9-5-8-19-21;/h5,8-9,11-13,15H,3-4,6-7,10,17H2,1-2H3,(H,18,23)(H,20,22);1H/t12?,13?,15-;/m0./s1. The lowest BCUT2D eigenvalue weighted by Crippen LogP contribution is -2.50. The van der Waals surface area contributed by atoms with Crippen molar-refractivity contribution in [2.45, 2.75) is 57.7 Å². The van der Waals surface area contributed by atoms with E-state index in [0.29, 0.717) is 0 Å². The predicted octanol–water partition coefficient (Wildman–Crippen LogP) is 1.00. The molecular weight excluding hydrogens is 330 g/mol. The van der Waals surface area contributed by atoms with Gasteiger partial charge in [0.2, 0.25) is 11.8 Å². The van der Waals surface area contributed by atoms with Gasteiger partial charge >= 0.3 is 0 Å². The predicted molar refractivity (Wildman–Crippen MR) is 94.7 cm³/mol. The Hall–Kier alpha value is -1.60. The summed E-state index contributed by atoms with van der Waals surface area (Å²) >= 11 is 0. The van der Waals surface area contributed by atoms with Gasteiger partial charge in [0.25, 0.3) is 0 Å². The van der Waals surface area contributed by atoms with Crippen molar-refractivity contribution in [2.24, 2.45) is 11.7 Å². The zero-order valence-electron chi connectivity index (χ0n) is 14.3. The molecule has 1 heterocycles. The van der Waals surface area contributed by atoms with Crippen molar-refractivity contribution < 1.29 is 9.59 Å². The molecule has 2 rings (SSSR count). The van der Waals surface area contributed by atoms with Gasteiger partial charge in [0.1, 0.15) is 0 Å². The Bertz CT molecular complexity index is 521. The molecule has 0 saturated heterocycles. The van der Waals surface area contributed by atoms with E-state index in [0.717, 1.165) is 25.7 Å². The zero-order valence-corrected chi connectivity index (χ0v) is 15.1. The monoisotopic (exact) mass is 357 g/mol. The van der Waals surface area contributed by atoms with Crippen molar-refractivity contribution in [3.05, 3.63) is 18.5 Å². The Kier molecular flexibility index (Phi) is 8.21. The molecule has 8 heteroatoms. The van der Waals surface area contributed by atoms with E-state index in [4.69, 9.17) is 5.73 Å². The van der Waals surface area contributed by atoms with E-state index in [-0.39, 0.29) is 48.8 Å². The van der Waals surface area contributed by atoms with Crippen LogP contribution in [0.25, 0.3) is 0 Å². The molecule has 1 aliphatic rings. The molecule has 4 N–H and O–H groups in total. The van der Waals surface area contributed by atoms with Gasteiger partial charge in [0, 0.05) is 12.4 Å². The van der Waals surface area contributed by atoms with Crippen LogP contribution in [0, 0.1) is 5.92 Å². The number of rotatable bonds is 6. The summed E-state index contributed by atoms with van der Waals surface area (Å²) in [7, 11) is 0. The highest BCUT2D eigenvalue weighted by atomic mass is 35.5. The molecule has 7 nitrogen and oxygen atoms in total. The van der Waals surface area contributed by atoms with Crippen LogP contribution in [0.2, 0.25) is 0 Å². The molecule has 136 valence electrons. The second kappa shape index (κ2) is 9.64. The average Bonchev–Trinajstić information content (AvgIpc) is 3.06. The minimum absolute atomic E-state index is 0. The number of hydrogen-bond donors (Lipinski definition) is 3. The first-order valence-electron chi connectivity index (χ1n) is 8.31. The van der Waals surface area contributed by atoms with Gasteiger partial charge in [-0.25, -0.2) is 0 Å². The number of nitrogens with zero attached hydrogens (tertiary/aromatic N) is 2. The fraction of sp³-hybridized carbons (Fsp3) is 0.688. The Morgan fingerprint density at radius 2 is 2.04 bits per heavy atom. The van der Waals surface area contributed by atoms with Crippen LogP contribution in [0.1, 0.15) is 45.6 Å². The fourth-order valence-corrected chi connectivity index (χ4v) is 2.92. The lowest BCUT2D eigenvalue weighted by atomic mass is 9.90. The Labute approximate surface area is 149 Å². The van der Waals surface area contributed by atoms with E-state index in [1.165, 1.54) is 0 Å². The van der Waals surface area contributed by atoms with Crippen molar-refractivity contribution in [3.8, 4) is 0 Å². The first-order chi connectivity index (χ1) is 11.0. The van der Waals surface area contributed by atoms with Crippen molar-refractivity contribution >= 4 is 24.2 Å². The Balaban J connectivity index is 0.00000288. The number of carbonyl (C=O) groups is 2. The topological polar surface area (TPSA) is 102 Å². The van der Waals surface area contributed by atoms with Gasteiger partial charge < -0.3 is 16.4 Å². The lowest BCUT2D eigenvalue weighted by Gasteiger charge is -2.32. The van der Waals surface area contributed by atoms with Crippen LogP contribution < -0.4 is 16.4 Å². The minimum Gasteiger partial charge on any atom is -0.350 e. The molecule has 0 spiro atoms. The Morgan fingerprint density at radius 1 is 1.33 bits per heavy atom. The van der Waals surface area contributed by atoms with E-state index in [9.17, 15) is 9.59 Å². The molecule has 1 saturated carbocycles. The summed E-state index contributed by atoms with van der Waals surface area (Å²) in [6.45, 7) is 3.71. The van der Waals surface area contributed by atoms with E-state index in [2.05, 4.69) is 15.7 Å². The number of carbonyl (C=O) groups excluding carboxylic acids is 2. The number of amides is 2.